The molecule has 3 atom stereocenters. The van der Waals surface area contributed by atoms with Gasteiger partial charge in [0.25, 0.3) is 0 Å². The zero-order chi connectivity index (χ0) is 14.8. The molecule has 114 valence electrons. The number of carbonyl (C=O) groups excluding carboxylic acids is 1. The van der Waals surface area contributed by atoms with Crippen LogP contribution < -0.4 is 5.32 Å². The van der Waals surface area contributed by atoms with Gasteiger partial charge in [0, 0.05) is 12.1 Å². The molecular formula is C17H24N2O2. The predicted octanol–water partition coefficient (Wildman–Crippen LogP) is 1.85. The summed E-state index contributed by atoms with van der Waals surface area (Å²) >= 11 is 0. The van der Waals surface area contributed by atoms with Gasteiger partial charge in [-0.2, -0.15) is 0 Å². The van der Waals surface area contributed by atoms with Gasteiger partial charge in [0.05, 0.1) is 18.7 Å². The first-order valence-electron chi connectivity index (χ1n) is 7.91. The quantitative estimate of drug-likeness (QED) is 0.889. The van der Waals surface area contributed by atoms with E-state index in [1.54, 1.807) is 0 Å². The Morgan fingerprint density at radius 3 is 2.52 bits per heavy atom. The average Bonchev–Trinajstić information content (AvgIpc) is 2.71. The molecule has 2 fully saturated rings. The second kappa shape index (κ2) is 6.16. The number of aliphatic hydroxyl groups excluding tert-OH is 1. The van der Waals surface area contributed by atoms with Gasteiger partial charge < -0.3 is 10.4 Å². The summed E-state index contributed by atoms with van der Waals surface area (Å²) in [5, 5.41) is 12.9. The summed E-state index contributed by atoms with van der Waals surface area (Å²) < 4.78 is 0. The molecule has 1 aromatic rings. The van der Waals surface area contributed by atoms with Gasteiger partial charge in [-0.05, 0) is 38.2 Å². The van der Waals surface area contributed by atoms with Gasteiger partial charge >= 0.3 is 0 Å². The summed E-state index contributed by atoms with van der Waals surface area (Å²) in [4.78, 5) is 14.6. The summed E-state index contributed by atoms with van der Waals surface area (Å²) in [6.45, 7) is 2.47. The van der Waals surface area contributed by atoms with E-state index in [2.05, 4.69) is 10.2 Å². The Bertz CT molecular complexity index is 477. The highest BCUT2D eigenvalue weighted by Gasteiger charge is 2.40. The number of piperidine rings is 1. The molecule has 4 nitrogen and oxygen atoms in total. The van der Waals surface area contributed by atoms with Crippen molar-refractivity contribution in [2.45, 2.75) is 56.8 Å². The Morgan fingerprint density at radius 1 is 1.29 bits per heavy atom. The summed E-state index contributed by atoms with van der Waals surface area (Å²) in [5.41, 5.74) is 1.13. The van der Waals surface area contributed by atoms with E-state index in [0.29, 0.717) is 18.6 Å². The van der Waals surface area contributed by atoms with Gasteiger partial charge in [-0.15, -0.1) is 0 Å². The summed E-state index contributed by atoms with van der Waals surface area (Å²) in [6, 6.07) is 10.8. The molecule has 0 radical (unpaired) electrons. The molecule has 2 N–H and O–H groups in total. The lowest BCUT2D eigenvalue weighted by molar-refractivity contribution is -0.124. The Kier molecular flexibility index (Phi) is 4.27. The highest BCUT2D eigenvalue weighted by molar-refractivity contribution is 5.78. The highest BCUT2D eigenvalue weighted by atomic mass is 16.3. The molecule has 0 spiro atoms. The minimum absolute atomic E-state index is 0.0340. The molecule has 0 aliphatic carbocycles. The number of hydrogen-bond donors (Lipinski definition) is 2. The van der Waals surface area contributed by atoms with Crippen molar-refractivity contribution in [1.29, 1.82) is 0 Å². The largest absolute Gasteiger partial charge is 0.393 e. The number of benzene rings is 1. The molecule has 21 heavy (non-hydrogen) atoms. The molecule has 2 heterocycles. The normalized spacial score (nSPS) is 30.1. The Hall–Kier alpha value is -1.39. The van der Waals surface area contributed by atoms with Crippen LogP contribution >= 0.6 is 0 Å². The van der Waals surface area contributed by atoms with E-state index in [0.717, 1.165) is 31.2 Å². The van der Waals surface area contributed by atoms with E-state index < -0.39 is 0 Å². The van der Waals surface area contributed by atoms with E-state index in [4.69, 9.17) is 0 Å². The number of rotatable bonds is 4. The van der Waals surface area contributed by atoms with E-state index in [1.165, 1.54) is 0 Å². The monoisotopic (exact) mass is 288 g/mol. The Balaban J connectivity index is 1.55. The van der Waals surface area contributed by atoms with Gasteiger partial charge in [-0.3, -0.25) is 9.69 Å². The van der Waals surface area contributed by atoms with Crippen LogP contribution in [0, 0.1) is 0 Å². The molecule has 0 aromatic heterocycles. The number of nitrogens with one attached hydrogen (secondary N) is 1. The fraction of sp³-hybridized carbons (Fsp3) is 0.588. The van der Waals surface area contributed by atoms with Crippen LogP contribution in [0.15, 0.2) is 30.3 Å². The van der Waals surface area contributed by atoms with Crippen molar-refractivity contribution >= 4 is 5.91 Å². The first-order chi connectivity index (χ1) is 10.1. The molecule has 2 saturated heterocycles. The van der Waals surface area contributed by atoms with E-state index in [9.17, 15) is 9.90 Å². The minimum atomic E-state index is -0.176. The minimum Gasteiger partial charge on any atom is -0.393 e. The lowest BCUT2D eigenvalue weighted by Gasteiger charge is -2.36. The molecule has 1 amide bonds. The van der Waals surface area contributed by atoms with Crippen LogP contribution in [0.5, 0.6) is 0 Å². The van der Waals surface area contributed by atoms with Crippen LogP contribution in [0.2, 0.25) is 0 Å². The average molecular weight is 288 g/mol. The summed E-state index contributed by atoms with van der Waals surface area (Å²) in [6.07, 6.45) is 3.69. The lowest BCUT2D eigenvalue weighted by Crippen LogP contribution is -2.49. The van der Waals surface area contributed by atoms with Crippen molar-refractivity contribution in [2.75, 3.05) is 6.54 Å². The van der Waals surface area contributed by atoms with Crippen molar-refractivity contribution in [3.05, 3.63) is 35.9 Å². The maximum Gasteiger partial charge on any atom is 0.234 e. The third-order valence-corrected chi connectivity index (χ3v) is 4.86. The van der Waals surface area contributed by atoms with E-state index in [1.807, 2.05) is 37.3 Å². The Labute approximate surface area is 126 Å². The summed E-state index contributed by atoms with van der Waals surface area (Å²) in [7, 11) is 0. The zero-order valence-corrected chi connectivity index (χ0v) is 12.5. The number of amides is 1. The molecule has 4 heteroatoms. The maximum atomic E-state index is 12.3. The van der Waals surface area contributed by atoms with Gasteiger partial charge in [-0.25, -0.2) is 0 Å². The number of aliphatic hydroxyl groups is 1. The van der Waals surface area contributed by atoms with Gasteiger partial charge in [-0.1, -0.05) is 30.3 Å². The van der Waals surface area contributed by atoms with Crippen LogP contribution in [0.1, 0.15) is 44.2 Å². The summed E-state index contributed by atoms with van der Waals surface area (Å²) in [5.74, 6) is 0.0830. The van der Waals surface area contributed by atoms with Crippen molar-refractivity contribution in [2.24, 2.45) is 0 Å². The number of nitrogens with zero attached hydrogens (tertiary/aromatic N) is 1. The van der Waals surface area contributed by atoms with Crippen LogP contribution in [0.25, 0.3) is 0 Å². The first-order valence-corrected chi connectivity index (χ1v) is 7.91. The fourth-order valence-electron chi connectivity index (χ4n) is 3.78. The van der Waals surface area contributed by atoms with Crippen molar-refractivity contribution in [3.63, 3.8) is 0 Å². The second-order valence-electron chi connectivity index (χ2n) is 6.38. The van der Waals surface area contributed by atoms with Gasteiger partial charge in [0.15, 0.2) is 0 Å². The molecule has 3 rings (SSSR count). The topological polar surface area (TPSA) is 52.6 Å². The van der Waals surface area contributed by atoms with E-state index in [-0.39, 0.29) is 18.1 Å². The lowest BCUT2D eigenvalue weighted by atomic mass is 10.00. The SMILES string of the molecule is CC(NC(=O)CN1C2CCC1CC(O)C2)c1ccccc1. The standard InChI is InChI=1S/C17H24N2O2/c1-12(13-5-3-2-4-6-13)18-17(21)11-19-14-7-8-15(19)10-16(20)9-14/h2-6,12,14-16,20H,7-11H2,1H3,(H,18,21). The van der Waals surface area contributed by atoms with E-state index >= 15 is 0 Å². The van der Waals surface area contributed by atoms with Crippen molar-refractivity contribution < 1.29 is 9.90 Å². The molecular weight excluding hydrogens is 264 g/mol. The number of hydrogen-bond acceptors (Lipinski definition) is 3. The molecule has 0 saturated carbocycles. The number of fused-ring (bicyclic) bond motifs is 2. The first kappa shape index (κ1) is 14.5. The molecule has 2 bridgehead atoms. The third-order valence-electron chi connectivity index (χ3n) is 4.86. The Morgan fingerprint density at radius 2 is 1.90 bits per heavy atom. The zero-order valence-electron chi connectivity index (χ0n) is 12.5. The second-order valence-corrected chi connectivity index (χ2v) is 6.38. The maximum absolute atomic E-state index is 12.3. The molecule has 2 aliphatic rings. The predicted molar refractivity (Wildman–Crippen MR) is 81.8 cm³/mol. The van der Waals surface area contributed by atoms with Crippen LogP contribution in [0.3, 0.4) is 0 Å². The van der Waals surface area contributed by atoms with Crippen LogP contribution in [0.4, 0.5) is 0 Å². The number of carbonyl (C=O) groups is 1. The van der Waals surface area contributed by atoms with Crippen LogP contribution in [-0.4, -0.2) is 40.6 Å². The fourth-order valence-corrected chi connectivity index (χ4v) is 3.78. The van der Waals surface area contributed by atoms with Crippen LogP contribution in [-0.2, 0) is 4.79 Å². The molecule has 2 aliphatic heterocycles. The smallest absolute Gasteiger partial charge is 0.234 e. The van der Waals surface area contributed by atoms with Gasteiger partial charge in [0.1, 0.15) is 0 Å². The molecule has 3 unspecified atom stereocenters. The molecule has 1 aromatic carbocycles. The highest BCUT2D eigenvalue weighted by Crippen LogP contribution is 2.35. The van der Waals surface area contributed by atoms with Crippen molar-refractivity contribution in [1.82, 2.24) is 10.2 Å². The van der Waals surface area contributed by atoms with Crippen molar-refractivity contribution in [3.8, 4) is 0 Å². The van der Waals surface area contributed by atoms with Gasteiger partial charge in [0.2, 0.25) is 5.91 Å². The third kappa shape index (κ3) is 3.27.